The van der Waals surface area contributed by atoms with E-state index < -0.39 is 0 Å². The molecule has 0 aliphatic rings. The number of hydrogen-bond donors (Lipinski definition) is 0. The van der Waals surface area contributed by atoms with Crippen molar-refractivity contribution < 1.29 is 13.3 Å². The summed E-state index contributed by atoms with van der Waals surface area (Å²) < 4.78 is 20.1. The predicted octanol–water partition coefficient (Wildman–Crippen LogP) is 36.1. The molecule has 0 bridgehead atoms. The highest BCUT2D eigenvalue weighted by Gasteiger charge is 2.28. The third kappa shape index (κ3) is 12.3. The molecule has 0 aliphatic heterocycles. The summed E-state index contributed by atoms with van der Waals surface area (Å²) in [4.78, 5) is 0. The minimum atomic E-state index is 0.903. The second-order valence-corrected chi connectivity index (χ2v) is 33.6. The van der Waals surface area contributed by atoms with Crippen LogP contribution >= 0.6 is 0 Å². The van der Waals surface area contributed by atoms with Crippen LogP contribution in [0.3, 0.4) is 0 Å². The number of rotatable bonds is 9. The summed E-state index contributed by atoms with van der Waals surface area (Å²) in [5, 5.41) is 29.2. The number of para-hydroxylation sites is 3. The van der Waals surface area contributed by atoms with Crippen LogP contribution in [0.15, 0.2) is 486 Å². The first-order valence-corrected chi connectivity index (χ1v) is 44.3. The molecule has 0 aliphatic carbocycles. The fourth-order valence-corrected chi connectivity index (χ4v) is 21.1. The molecule has 3 heterocycles. The Morgan fingerprint density at radius 1 is 0.116 bits per heavy atom. The standard InChI is InChI=1S/3C42H26O/c1-2-14-28(15-3-1)39-31-18-6-8-20-33(31)40(34-21-9-7-19-32(34)39)36-24-12-26-38-41(36)37-25-11-23-35(42(37)43-38)30-22-10-16-27-13-4-5-17-29(27)30;1-2-14-28(15-3-1)40-32-18-6-8-20-34(32)41(35-21-9-7-19-33(35)40)37-25-29(31-23-12-16-27-13-4-5-17-30(27)31)26-39-42(37)36-22-10-11-24-38(36)43-39;1-2-14-28(15-3-1)39-31-18-6-8-20-33(31)40(34-21-9-7-19-32(34)39)37-26-25-35(30-23-12-16-27-13-4-5-17-29(27)30)42-41(37)36-22-10-11-24-38(36)43-42/h3*1-26H. The van der Waals surface area contributed by atoms with Gasteiger partial charge in [0.25, 0.3) is 0 Å². The topological polar surface area (TPSA) is 39.4 Å². The maximum atomic E-state index is 6.77. The highest BCUT2D eigenvalue weighted by Crippen LogP contribution is 2.54. The van der Waals surface area contributed by atoms with Gasteiger partial charge in [-0.1, -0.05) is 437 Å². The summed E-state index contributed by atoms with van der Waals surface area (Å²) in [6, 6.07) is 170. The van der Waals surface area contributed by atoms with E-state index in [4.69, 9.17) is 13.3 Å². The molecule has 0 radical (unpaired) electrons. The van der Waals surface area contributed by atoms with Crippen LogP contribution < -0.4 is 0 Å². The summed E-state index contributed by atoms with van der Waals surface area (Å²) in [6.07, 6.45) is 0. The van der Waals surface area contributed by atoms with Crippen molar-refractivity contribution in [1.82, 2.24) is 0 Å². The monoisotopic (exact) mass is 1640 g/mol. The van der Waals surface area contributed by atoms with Crippen LogP contribution in [0.25, 0.3) is 263 Å². The van der Waals surface area contributed by atoms with E-state index >= 15 is 0 Å². The molecule has 0 unspecified atom stereocenters. The molecule has 129 heavy (non-hydrogen) atoms. The molecule has 27 rings (SSSR count). The van der Waals surface area contributed by atoms with Gasteiger partial charge in [-0.2, -0.15) is 0 Å². The van der Waals surface area contributed by atoms with Gasteiger partial charge < -0.3 is 13.3 Å². The quantitative estimate of drug-likeness (QED) is 0.135. The lowest BCUT2D eigenvalue weighted by Crippen LogP contribution is -1.92. The molecule has 0 atom stereocenters. The van der Waals surface area contributed by atoms with Crippen molar-refractivity contribution in [3.05, 3.63) is 473 Å². The van der Waals surface area contributed by atoms with Crippen LogP contribution in [0.5, 0.6) is 0 Å². The molecular weight excluding hydrogens is 1560 g/mol. The van der Waals surface area contributed by atoms with Gasteiger partial charge in [0.2, 0.25) is 0 Å². The Kier molecular flexibility index (Phi) is 18.0. The fourth-order valence-electron chi connectivity index (χ4n) is 21.1. The number of fused-ring (bicyclic) bond motifs is 18. The lowest BCUT2D eigenvalue weighted by Gasteiger charge is -2.19. The van der Waals surface area contributed by atoms with Gasteiger partial charge in [-0.05, 0) is 222 Å². The van der Waals surface area contributed by atoms with E-state index in [2.05, 4.69) is 473 Å². The lowest BCUT2D eigenvalue weighted by molar-refractivity contribution is 0.669. The van der Waals surface area contributed by atoms with Crippen LogP contribution in [0, 0.1) is 0 Å². The van der Waals surface area contributed by atoms with Gasteiger partial charge in [0, 0.05) is 43.4 Å². The van der Waals surface area contributed by atoms with Crippen LogP contribution in [0.2, 0.25) is 0 Å². The van der Waals surface area contributed by atoms with E-state index in [0.717, 1.165) is 82.5 Å². The molecule has 0 fully saturated rings. The SMILES string of the molecule is c1ccc(-c2c3ccccc3c(-c3cc(-c4cccc5ccccc45)cc4oc5ccccc5c34)c3ccccc23)cc1.c1ccc(-c2c3ccccc3c(-c3ccc(-c4cccc5ccccc45)c4oc5ccccc5c34)c3ccccc23)cc1.c1ccc(-c2c3ccccc3c(-c3cccc4oc5c(-c6cccc7ccccc67)cccc5c34)c3ccccc23)cc1. The van der Waals surface area contributed by atoms with Gasteiger partial charge in [0.05, 0.1) is 0 Å². The van der Waals surface area contributed by atoms with Crippen molar-refractivity contribution in [1.29, 1.82) is 0 Å². The third-order valence-electron chi connectivity index (χ3n) is 26.6. The van der Waals surface area contributed by atoms with Gasteiger partial charge >= 0.3 is 0 Å². The summed E-state index contributed by atoms with van der Waals surface area (Å²) in [6.45, 7) is 0. The molecule has 0 amide bonds. The average Bonchev–Trinajstić information content (AvgIpc) is 1.69. The second-order valence-electron chi connectivity index (χ2n) is 33.6. The number of benzene rings is 24. The van der Waals surface area contributed by atoms with Gasteiger partial charge in [-0.3, -0.25) is 0 Å². The molecule has 0 saturated carbocycles. The highest BCUT2D eigenvalue weighted by molar-refractivity contribution is 6.31. The molecule has 3 nitrogen and oxygen atoms in total. The van der Waals surface area contributed by atoms with Crippen molar-refractivity contribution >= 4 is 163 Å². The molecule has 3 heteroatoms. The van der Waals surface area contributed by atoms with Crippen LogP contribution in [0.1, 0.15) is 0 Å². The largest absolute Gasteiger partial charge is 0.456 e. The van der Waals surface area contributed by atoms with Crippen molar-refractivity contribution in [3.8, 4) is 100 Å². The van der Waals surface area contributed by atoms with Crippen LogP contribution in [0.4, 0.5) is 0 Å². The van der Waals surface area contributed by atoms with E-state index in [9.17, 15) is 0 Å². The summed E-state index contributed by atoms with van der Waals surface area (Å²) >= 11 is 0. The van der Waals surface area contributed by atoms with E-state index in [0.29, 0.717) is 0 Å². The first-order chi connectivity index (χ1) is 64.1. The maximum Gasteiger partial charge on any atom is 0.143 e. The Morgan fingerprint density at radius 2 is 0.380 bits per heavy atom. The second kappa shape index (κ2) is 31.1. The maximum absolute atomic E-state index is 6.77. The molecule has 600 valence electrons. The van der Waals surface area contributed by atoms with E-state index in [1.54, 1.807) is 0 Å². The summed E-state index contributed by atoms with van der Waals surface area (Å²) in [7, 11) is 0. The van der Waals surface area contributed by atoms with E-state index in [-0.39, 0.29) is 0 Å². The molecule has 0 N–H and O–H groups in total. The van der Waals surface area contributed by atoms with Gasteiger partial charge in [-0.25, -0.2) is 0 Å². The van der Waals surface area contributed by atoms with Gasteiger partial charge in [-0.15, -0.1) is 0 Å². The molecule has 0 spiro atoms. The Hall–Kier alpha value is -17.0. The van der Waals surface area contributed by atoms with Crippen molar-refractivity contribution in [2.45, 2.75) is 0 Å². The van der Waals surface area contributed by atoms with Crippen LogP contribution in [-0.2, 0) is 0 Å². The van der Waals surface area contributed by atoms with E-state index in [1.165, 1.54) is 180 Å². The number of hydrogen-bond acceptors (Lipinski definition) is 3. The van der Waals surface area contributed by atoms with Crippen molar-refractivity contribution in [2.75, 3.05) is 0 Å². The zero-order chi connectivity index (χ0) is 85.0. The molecule has 24 aromatic carbocycles. The Bertz CT molecular complexity index is 9000. The normalized spacial score (nSPS) is 11.7. The Morgan fingerprint density at radius 3 is 0.822 bits per heavy atom. The van der Waals surface area contributed by atoms with Gasteiger partial charge in [0.15, 0.2) is 0 Å². The van der Waals surface area contributed by atoms with Crippen molar-refractivity contribution in [3.63, 3.8) is 0 Å². The average molecular weight is 1640 g/mol. The minimum Gasteiger partial charge on any atom is -0.456 e. The smallest absolute Gasteiger partial charge is 0.143 e. The van der Waals surface area contributed by atoms with Crippen LogP contribution in [-0.4, -0.2) is 0 Å². The Labute approximate surface area is 744 Å². The fraction of sp³-hybridized carbons (Fsp3) is 0. The first-order valence-electron chi connectivity index (χ1n) is 44.3. The zero-order valence-electron chi connectivity index (χ0n) is 70.3. The molecule has 27 aromatic rings. The summed E-state index contributed by atoms with van der Waals surface area (Å²) in [5.41, 5.74) is 27.2. The first kappa shape index (κ1) is 74.6. The number of furan rings is 3. The zero-order valence-corrected chi connectivity index (χ0v) is 70.3. The van der Waals surface area contributed by atoms with E-state index in [1.807, 2.05) is 0 Å². The predicted molar refractivity (Wildman–Crippen MR) is 548 cm³/mol. The minimum absolute atomic E-state index is 0.903. The molecular formula is C126H78O3. The lowest BCUT2D eigenvalue weighted by atomic mass is 9.84. The van der Waals surface area contributed by atoms with Gasteiger partial charge in [0.1, 0.15) is 33.5 Å². The third-order valence-corrected chi connectivity index (χ3v) is 26.6. The molecule has 0 saturated heterocycles. The van der Waals surface area contributed by atoms with Crippen molar-refractivity contribution in [2.24, 2.45) is 0 Å². The summed E-state index contributed by atoms with van der Waals surface area (Å²) in [5.74, 6) is 0. The Balaban J connectivity index is 0.000000105. The molecule has 3 aromatic heterocycles. The highest BCUT2D eigenvalue weighted by atomic mass is 16.3.